The molecule has 0 unspecified atom stereocenters. The zero-order valence-corrected chi connectivity index (χ0v) is 13.5. The molecule has 1 amide bonds. The molecule has 2 heterocycles. The van der Waals surface area contributed by atoms with Crippen LogP contribution in [0.5, 0.6) is 0 Å². The summed E-state index contributed by atoms with van der Waals surface area (Å²) in [5.74, 6) is -1.38. The summed E-state index contributed by atoms with van der Waals surface area (Å²) in [4.78, 5) is 25.7. The van der Waals surface area contributed by atoms with Gasteiger partial charge in [-0.2, -0.15) is 0 Å². The number of aliphatic carboxylic acids is 1. The Morgan fingerprint density at radius 2 is 2.13 bits per heavy atom. The highest BCUT2D eigenvalue weighted by molar-refractivity contribution is 6.48. The number of carbonyl (C=O) groups excluding carboxylic acids is 1. The molecule has 0 radical (unpaired) electrons. The van der Waals surface area contributed by atoms with Gasteiger partial charge in [-0.1, -0.05) is 13.2 Å². The van der Waals surface area contributed by atoms with E-state index in [0.717, 1.165) is 0 Å². The molecule has 23 heavy (non-hydrogen) atoms. The fraction of sp³-hybridized carbons (Fsp3) is 0.857. The third-order valence-electron chi connectivity index (χ3n) is 5.33. The van der Waals surface area contributed by atoms with Crippen molar-refractivity contribution >= 4 is 18.8 Å². The van der Waals surface area contributed by atoms with Gasteiger partial charge in [0.25, 0.3) is 6.92 Å². The molecule has 2 fully saturated rings. The van der Waals surface area contributed by atoms with E-state index in [2.05, 4.69) is 5.32 Å². The van der Waals surface area contributed by atoms with Crippen LogP contribution in [0.3, 0.4) is 0 Å². The maximum Gasteiger partial charge on any atom is 0.326 e. The Balaban J connectivity index is 2.22. The van der Waals surface area contributed by atoms with Gasteiger partial charge in [0.1, 0.15) is 11.6 Å². The minimum Gasteiger partial charge on any atom is -0.480 e. The summed E-state index contributed by atoms with van der Waals surface area (Å²) in [7, 11) is 0. The number of hydrogen-bond acceptors (Lipinski definition) is 6. The lowest BCUT2D eigenvalue weighted by atomic mass is 9.63. The average Bonchev–Trinajstić information content (AvgIpc) is 2.98. The molecule has 0 aromatic heterocycles. The molecule has 9 heteroatoms. The normalized spacial score (nSPS) is 31.0. The lowest BCUT2D eigenvalue weighted by Gasteiger charge is -2.35. The Labute approximate surface area is 136 Å². The fourth-order valence-electron chi connectivity index (χ4n) is 4.05. The molecule has 3 atom stereocenters. The molecular formula is C14H26BN3O5. The van der Waals surface area contributed by atoms with Crippen molar-refractivity contribution in [3.8, 4) is 0 Å². The summed E-state index contributed by atoms with van der Waals surface area (Å²) in [6.45, 7) is 1.79. The number of carboxylic acid groups (broad SMARTS) is 1. The number of aliphatic hydroxyl groups excluding tert-OH is 1. The third-order valence-corrected chi connectivity index (χ3v) is 5.33. The van der Waals surface area contributed by atoms with Gasteiger partial charge in [-0.15, -0.1) is 0 Å². The second kappa shape index (κ2) is 6.76. The molecule has 130 valence electrons. The topological polar surface area (TPSA) is 136 Å². The maximum absolute atomic E-state index is 12.3. The number of aliphatic hydroxyl groups is 1. The monoisotopic (exact) mass is 327 g/mol. The van der Waals surface area contributed by atoms with Crippen molar-refractivity contribution in [2.45, 2.75) is 44.0 Å². The highest BCUT2D eigenvalue weighted by atomic mass is 16.4. The highest BCUT2D eigenvalue weighted by Gasteiger charge is 2.65. The van der Waals surface area contributed by atoms with E-state index in [4.69, 9.17) is 10.8 Å². The van der Waals surface area contributed by atoms with Gasteiger partial charge in [0, 0.05) is 12.0 Å². The van der Waals surface area contributed by atoms with Crippen LogP contribution in [0.25, 0.3) is 0 Å². The van der Waals surface area contributed by atoms with Crippen molar-refractivity contribution in [3.05, 3.63) is 0 Å². The van der Waals surface area contributed by atoms with Gasteiger partial charge in [0.05, 0.1) is 13.2 Å². The molecule has 6 N–H and O–H groups in total. The van der Waals surface area contributed by atoms with Crippen molar-refractivity contribution in [2.75, 3.05) is 26.2 Å². The summed E-state index contributed by atoms with van der Waals surface area (Å²) in [6, 6.07) is -1.02. The van der Waals surface area contributed by atoms with Gasteiger partial charge in [-0.3, -0.25) is 14.9 Å². The largest absolute Gasteiger partial charge is 0.480 e. The van der Waals surface area contributed by atoms with Crippen LogP contribution in [-0.2, 0) is 9.59 Å². The molecule has 0 aliphatic carbocycles. The van der Waals surface area contributed by atoms with E-state index < -0.39 is 42.4 Å². The number of nitrogens with one attached hydrogen (secondary N) is 1. The molecule has 0 spiro atoms. The van der Waals surface area contributed by atoms with E-state index in [-0.39, 0.29) is 6.54 Å². The third kappa shape index (κ3) is 3.10. The van der Waals surface area contributed by atoms with Gasteiger partial charge >= 0.3 is 5.97 Å². The lowest BCUT2D eigenvalue weighted by molar-refractivity contribution is -0.147. The van der Waals surface area contributed by atoms with Crippen LogP contribution in [0.2, 0.25) is 13.1 Å². The summed E-state index contributed by atoms with van der Waals surface area (Å²) in [5.41, 5.74) is 3.88. The Morgan fingerprint density at radius 3 is 2.70 bits per heavy atom. The zero-order valence-electron chi connectivity index (χ0n) is 13.5. The summed E-state index contributed by atoms with van der Waals surface area (Å²) < 4.78 is 0. The first-order valence-electron chi connectivity index (χ1n) is 8.10. The zero-order chi connectivity index (χ0) is 17.3. The van der Waals surface area contributed by atoms with Crippen LogP contribution in [0, 0.1) is 5.41 Å². The van der Waals surface area contributed by atoms with Crippen molar-refractivity contribution in [3.63, 3.8) is 0 Å². The van der Waals surface area contributed by atoms with E-state index in [1.165, 1.54) is 4.90 Å². The van der Waals surface area contributed by atoms with Crippen LogP contribution < -0.4 is 11.1 Å². The number of nitrogens with two attached hydrogens (primary N) is 1. The van der Waals surface area contributed by atoms with Crippen LogP contribution >= 0.6 is 0 Å². The van der Waals surface area contributed by atoms with Gasteiger partial charge in [-0.25, -0.2) is 0 Å². The van der Waals surface area contributed by atoms with Crippen molar-refractivity contribution < 1.29 is 24.8 Å². The predicted octanol–water partition coefficient (Wildman–Crippen LogP) is -1.65. The number of amides is 1. The highest BCUT2D eigenvalue weighted by Crippen LogP contribution is 2.50. The number of hydrogen-bond donors (Lipinski definition) is 5. The quantitative estimate of drug-likeness (QED) is 0.353. The number of fused-ring (bicyclic) bond motifs is 1. The molecule has 8 nitrogen and oxygen atoms in total. The Hall–Kier alpha value is -1.16. The van der Waals surface area contributed by atoms with Crippen molar-refractivity contribution in [1.29, 1.82) is 0 Å². The molecule has 2 rings (SSSR count). The van der Waals surface area contributed by atoms with E-state index in [1.807, 2.05) is 0 Å². The van der Waals surface area contributed by atoms with E-state index >= 15 is 0 Å². The maximum atomic E-state index is 12.3. The number of carboxylic acids is 1. The van der Waals surface area contributed by atoms with E-state index in [1.54, 1.807) is 6.82 Å². The SMILES string of the molecule is CB(O)CCC[C@]12CCN[C@@]1(C(=O)O)CN(C(=O)[C@@H](N)CO)C2. The van der Waals surface area contributed by atoms with Gasteiger partial charge in [0.15, 0.2) is 0 Å². The van der Waals surface area contributed by atoms with Gasteiger partial charge in [0.2, 0.25) is 5.91 Å². The first-order valence-corrected chi connectivity index (χ1v) is 8.10. The number of nitrogens with zero attached hydrogens (tertiary/aromatic N) is 1. The first kappa shape index (κ1) is 18.2. The lowest BCUT2D eigenvalue weighted by Crippen LogP contribution is -2.58. The van der Waals surface area contributed by atoms with Crippen LogP contribution in [0.1, 0.15) is 19.3 Å². The van der Waals surface area contributed by atoms with Crippen molar-refractivity contribution in [1.82, 2.24) is 10.2 Å². The van der Waals surface area contributed by atoms with E-state index in [9.17, 15) is 19.7 Å². The smallest absolute Gasteiger partial charge is 0.326 e. The standard InChI is InChI=1S/C14H26BN3O5/c1-15(23)5-2-3-13-4-6-17-14(13,12(21)22)9-18(8-13)11(20)10(16)7-19/h10,17,19,23H,2-9,16H2,1H3,(H,21,22)/t10-,13+,14+/m0/s1. The van der Waals surface area contributed by atoms with Gasteiger partial charge < -0.3 is 25.9 Å². The van der Waals surface area contributed by atoms with Crippen LogP contribution in [0.15, 0.2) is 0 Å². The van der Waals surface area contributed by atoms with E-state index in [0.29, 0.717) is 38.7 Å². The second-order valence-electron chi connectivity index (χ2n) is 6.89. The summed E-state index contributed by atoms with van der Waals surface area (Å²) in [6.07, 6.45) is 2.58. The molecule has 0 aromatic carbocycles. The molecule has 2 aliphatic heterocycles. The molecular weight excluding hydrogens is 301 g/mol. The molecule has 2 saturated heterocycles. The fourth-order valence-corrected chi connectivity index (χ4v) is 4.05. The summed E-state index contributed by atoms with van der Waals surface area (Å²) in [5, 5.41) is 31.4. The minimum absolute atomic E-state index is 0.0591. The number of carbonyl (C=O) groups is 2. The Bertz CT molecular complexity index is 477. The summed E-state index contributed by atoms with van der Waals surface area (Å²) >= 11 is 0. The van der Waals surface area contributed by atoms with Crippen LogP contribution in [-0.4, -0.2) is 76.8 Å². The Morgan fingerprint density at radius 1 is 1.43 bits per heavy atom. The number of likely N-dealkylation sites (tertiary alicyclic amines) is 1. The first-order chi connectivity index (χ1) is 10.8. The minimum atomic E-state index is -1.17. The molecule has 0 bridgehead atoms. The van der Waals surface area contributed by atoms with Crippen molar-refractivity contribution in [2.24, 2.45) is 11.1 Å². The number of rotatable bonds is 7. The molecule has 0 aromatic rings. The second-order valence-corrected chi connectivity index (χ2v) is 6.89. The average molecular weight is 327 g/mol. The van der Waals surface area contributed by atoms with Gasteiger partial charge in [-0.05, 0) is 25.7 Å². The predicted molar refractivity (Wildman–Crippen MR) is 84.9 cm³/mol. The molecule has 2 aliphatic rings. The van der Waals surface area contributed by atoms with Crippen LogP contribution in [0.4, 0.5) is 0 Å². The molecule has 0 saturated carbocycles. The Kier molecular flexibility index (Phi) is 5.35.